The van der Waals surface area contributed by atoms with E-state index >= 15 is 0 Å². The van der Waals surface area contributed by atoms with Crippen LogP contribution in [0.15, 0.2) is 30.5 Å². The zero-order chi connectivity index (χ0) is 14.0. The number of hydrogen-bond donors (Lipinski definition) is 0. The molecule has 1 aromatic carbocycles. The minimum Gasteiger partial charge on any atom is -0.309 e. The molecule has 0 atom stereocenters. The number of likely N-dealkylation sites (N-methyl/N-ethyl adjacent to an activating group) is 1. The average Bonchev–Trinajstić information content (AvgIpc) is 2.76. The molecule has 1 heterocycles. The molecule has 5 heteroatoms. The monoisotopic (exact) mass is 280 g/mol. The normalized spacial score (nSPS) is 12.4. The van der Waals surface area contributed by atoms with E-state index in [9.17, 15) is 8.42 Å². The van der Waals surface area contributed by atoms with Crippen molar-refractivity contribution in [2.75, 3.05) is 26.4 Å². The lowest BCUT2D eigenvalue weighted by Gasteiger charge is -2.07. The quantitative estimate of drug-likeness (QED) is 0.840. The lowest BCUT2D eigenvalue weighted by atomic mass is 10.1. The van der Waals surface area contributed by atoms with Crippen LogP contribution in [0.5, 0.6) is 0 Å². The third-order valence-electron chi connectivity index (χ3n) is 3.25. The van der Waals surface area contributed by atoms with E-state index in [1.807, 2.05) is 38.4 Å². The second-order valence-electron chi connectivity index (χ2n) is 4.92. The van der Waals surface area contributed by atoms with Crippen LogP contribution in [-0.2, 0) is 16.4 Å². The Bertz CT molecular complexity index is 672. The van der Waals surface area contributed by atoms with Gasteiger partial charge in [0, 0.05) is 18.1 Å². The first-order valence-electron chi connectivity index (χ1n) is 6.42. The summed E-state index contributed by atoms with van der Waals surface area (Å²) in [5.41, 5.74) is 1.86. The van der Waals surface area contributed by atoms with Crippen LogP contribution in [0.1, 0.15) is 12.5 Å². The van der Waals surface area contributed by atoms with Crippen LogP contribution < -0.4 is 0 Å². The molecule has 0 N–H and O–H groups in total. The molecule has 0 aliphatic carbocycles. The molecule has 0 fully saturated rings. The van der Waals surface area contributed by atoms with Crippen molar-refractivity contribution >= 4 is 20.9 Å². The molecule has 0 saturated heterocycles. The highest BCUT2D eigenvalue weighted by Gasteiger charge is 2.16. The van der Waals surface area contributed by atoms with Gasteiger partial charge in [0.05, 0.1) is 11.3 Å². The van der Waals surface area contributed by atoms with Gasteiger partial charge in [-0.25, -0.2) is 12.4 Å². The molecular formula is C14H20N2O2S. The van der Waals surface area contributed by atoms with Crippen molar-refractivity contribution in [3.63, 3.8) is 0 Å². The topological polar surface area (TPSA) is 42.3 Å². The maximum absolute atomic E-state index is 12.1. The van der Waals surface area contributed by atoms with Gasteiger partial charge in [-0.1, -0.05) is 18.2 Å². The van der Waals surface area contributed by atoms with Crippen molar-refractivity contribution in [2.24, 2.45) is 0 Å². The molecular weight excluding hydrogens is 260 g/mol. The van der Waals surface area contributed by atoms with Crippen LogP contribution in [0.4, 0.5) is 0 Å². The molecule has 0 spiro atoms. The van der Waals surface area contributed by atoms with E-state index in [4.69, 9.17) is 0 Å². The Morgan fingerprint density at radius 3 is 2.53 bits per heavy atom. The fourth-order valence-corrected chi connectivity index (χ4v) is 3.16. The SMILES string of the molecule is CCS(=O)(=O)n1cc(CCN(C)C)c2ccccc21. The van der Waals surface area contributed by atoms with Crippen LogP contribution in [0.3, 0.4) is 0 Å². The second kappa shape index (κ2) is 5.35. The van der Waals surface area contributed by atoms with Gasteiger partial charge >= 0.3 is 0 Å². The molecule has 2 aromatic rings. The average molecular weight is 280 g/mol. The third kappa shape index (κ3) is 2.82. The minimum absolute atomic E-state index is 0.110. The first-order chi connectivity index (χ1) is 8.95. The Labute approximate surface area is 114 Å². The van der Waals surface area contributed by atoms with E-state index < -0.39 is 10.0 Å². The van der Waals surface area contributed by atoms with Gasteiger partial charge in [-0.15, -0.1) is 0 Å². The maximum Gasteiger partial charge on any atom is 0.238 e. The number of benzene rings is 1. The fourth-order valence-electron chi connectivity index (χ4n) is 2.13. The summed E-state index contributed by atoms with van der Waals surface area (Å²) in [5.74, 6) is 0.110. The number of fused-ring (bicyclic) bond motifs is 1. The summed E-state index contributed by atoms with van der Waals surface area (Å²) in [6.45, 7) is 2.57. The first kappa shape index (κ1) is 14.1. The third-order valence-corrected chi connectivity index (χ3v) is 4.88. The van der Waals surface area contributed by atoms with Gasteiger partial charge in [0.1, 0.15) is 0 Å². The molecule has 0 saturated carbocycles. The van der Waals surface area contributed by atoms with Gasteiger partial charge in [-0.3, -0.25) is 0 Å². The molecule has 0 aliphatic rings. The lowest BCUT2D eigenvalue weighted by Crippen LogP contribution is -2.15. The van der Waals surface area contributed by atoms with Gasteiger partial charge in [-0.2, -0.15) is 0 Å². The van der Waals surface area contributed by atoms with Gasteiger partial charge in [0.2, 0.25) is 10.0 Å². The highest BCUT2D eigenvalue weighted by Crippen LogP contribution is 2.23. The minimum atomic E-state index is -3.24. The standard InChI is InChI=1S/C14H20N2O2S/c1-4-19(17,18)16-11-12(9-10-15(2)3)13-7-5-6-8-14(13)16/h5-8,11H,4,9-10H2,1-3H3. The predicted octanol–water partition coefficient (Wildman–Crippen LogP) is 1.94. The number of nitrogens with zero attached hydrogens (tertiary/aromatic N) is 2. The van der Waals surface area contributed by atoms with Gasteiger partial charge < -0.3 is 4.90 Å². The molecule has 104 valence electrons. The fraction of sp³-hybridized carbons (Fsp3) is 0.429. The molecule has 0 bridgehead atoms. The smallest absolute Gasteiger partial charge is 0.238 e. The predicted molar refractivity (Wildman–Crippen MR) is 79.1 cm³/mol. The van der Waals surface area contributed by atoms with E-state index in [1.165, 1.54) is 3.97 Å². The summed E-state index contributed by atoms with van der Waals surface area (Å²) < 4.78 is 25.7. The van der Waals surface area contributed by atoms with Crippen LogP contribution >= 0.6 is 0 Å². The number of rotatable bonds is 5. The molecule has 19 heavy (non-hydrogen) atoms. The summed E-state index contributed by atoms with van der Waals surface area (Å²) in [6.07, 6.45) is 2.62. The van der Waals surface area contributed by atoms with Crippen LogP contribution in [0, 0.1) is 0 Å². The zero-order valence-electron chi connectivity index (χ0n) is 11.6. The van der Waals surface area contributed by atoms with Gasteiger partial charge in [0.15, 0.2) is 0 Å². The summed E-state index contributed by atoms with van der Waals surface area (Å²) in [6, 6.07) is 7.67. The molecule has 2 rings (SSSR count). The Balaban J connectivity index is 2.55. The Morgan fingerprint density at radius 1 is 1.21 bits per heavy atom. The van der Waals surface area contributed by atoms with Crippen molar-refractivity contribution in [2.45, 2.75) is 13.3 Å². The van der Waals surface area contributed by atoms with Crippen LogP contribution in [0.25, 0.3) is 10.9 Å². The summed E-state index contributed by atoms with van der Waals surface area (Å²) in [5, 5.41) is 1.03. The molecule has 0 radical (unpaired) electrons. The van der Waals surface area contributed by atoms with Gasteiger partial charge in [0.25, 0.3) is 0 Å². The summed E-state index contributed by atoms with van der Waals surface area (Å²) in [7, 11) is 0.792. The molecule has 0 amide bonds. The Kier molecular flexibility index (Phi) is 3.96. The maximum atomic E-state index is 12.1. The van der Waals surface area contributed by atoms with E-state index in [2.05, 4.69) is 4.90 Å². The van der Waals surface area contributed by atoms with Gasteiger partial charge in [-0.05, 0) is 39.1 Å². The Hall–Kier alpha value is -1.33. The van der Waals surface area contributed by atoms with E-state index in [1.54, 1.807) is 13.1 Å². The van der Waals surface area contributed by atoms with Crippen molar-refractivity contribution in [3.05, 3.63) is 36.0 Å². The van der Waals surface area contributed by atoms with E-state index in [-0.39, 0.29) is 5.75 Å². The molecule has 4 nitrogen and oxygen atoms in total. The van der Waals surface area contributed by atoms with Crippen molar-refractivity contribution in [3.8, 4) is 0 Å². The molecule has 0 unspecified atom stereocenters. The van der Waals surface area contributed by atoms with E-state index in [0.29, 0.717) is 0 Å². The molecule has 0 aliphatic heterocycles. The van der Waals surface area contributed by atoms with Crippen molar-refractivity contribution < 1.29 is 8.42 Å². The van der Waals surface area contributed by atoms with E-state index in [0.717, 1.165) is 29.4 Å². The summed E-state index contributed by atoms with van der Waals surface area (Å²) in [4.78, 5) is 2.10. The first-order valence-corrected chi connectivity index (χ1v) is 8.03. The Morgan fingerprint density at radius 2 is 1.89 bits per heavy atom. The molecule has 1 aromatic heterocycles. The van der Waals surface area contributed by atoms with Crippen molar-refractivity contribution in [1.29, 1.82) is 0 Å². The number of aromatic nitrogens is 1. The van der Waals surface area contributed by atoms with Crippen LogP contribution in [-0.4, -0.2) is 43.7 Å². The van der Waals surface area contributed by atoms with Crippen LogP contribution in [0.2, 0.25) is 0 Å². The number of hydrogen-bond acceptors (Lipinski definition) is 3. The highest BCUT2D eigenvalue weighted by atomic mass is 32.2. The number of para-hydroxylation sites is 1. The largest absolute Gasteiger partial charge is 0.309 e. The summed E-state index contributed by atoms with van der Waals surface area (Å²) >= 11 is 0. The zero-order valence-corrected chi connectivity index (χ0v) is 12.4. The lowest BCUT2D eigenvalue weighted by molar-refractivity contribution is 0.414. The van der Waals surface area contributed by atoms with Crippen molar-refractivity contribution in [1.82, 2.24) is 8.87 Å². The highest BCUT2D eigenvalue weighted by molar-refractivity contribution is 7.90. The second-order valence-corrected chi connectivity index (χ2v) is 7.06.